The van der Waals surface area contributed by atoms with E-state index < -0.39 is 11.8 Å². The molecule has 0 fully saturated rings. The second-order valence-corrected chi connectivity index (χ2v) is 4.76. The van der Waals surface area contributed by atoms with Crippen LogP contribution in [0.3, 0.4) is 0 Å². The predicted octanol–water partition coefficient (Wildman–Crippen LogP) is 3.31. The summed E-state index contributed by atoms with van der Waals surface area (Å²) in [5.41, 5.74) is 0.681. The summed E-state index contributed by atoms with van der Waals surface area (Å²) in [6, 6.07) is 4.24. The van der Waals surface area contributed by atoms with Crippen molar-refractivity contribution in [1.29, 1.82) is 0 Å². The van der Waals surface area contributed by atoms with Crippen molar-refractivity contribution in [3.05, 3.63) is 40.1 Å². The summed E-state index contributed by atoms with van der Waals surface area (Å²) in [6.45, 7) is 0. The number of thiazole rings is 1. The molecule has 0 radical (unpaired) electrons. The maximum atomic E-state index is 13.5. The van der Waals surface area contributed by atoms with E-state index in [1.165, 1.54) is 23.5 Å². The highest BCUT2D eigenvalue weighted by molar-refractivity contribution is 7.13. The predicted molar refractivity (Wildman–Crippen MR) is 68.1 cm³/mol. The van der Waals surface area contributed by atoms with Crippen LogP contribution in [0, 0.1) is 5.82 Å². The van der Waals surface area contributed by atoms with Gasteiger partial charge in [-0.1, -0.05) is 11.6 Å². The highest BCUT2D eigenvalue weighted by Gasteiger charge is 2.08. The minimum Gasteiger partial charge on any atom is -0.481 e. The summed E-state index contributed by atoms with van der Waals surface area (Å²) in [5.74, 6) is -1.44. The molecule has 2 rings (SSSR count). The average molecular weight is 287 g/mol. The van der Waals surface area contributed by atoms with Gasteiger partial charge in [0.15, 0.2) is 5.13 Å². The quantitative estimate of drug-likeness (QED) is 0.905. The van der Waals surface area contributed by atoms with Gasteiger partial charge in [0, 0.05) is 10.4 Å². The minimum atomic E-state index is -0.954. The number of carbonyl (C=O) groups is 1. The second-order valence-electron chi connectivity index (χ2n) is 3.46. The van der Waals surface area contributed by atoms with Crippen LogP contribution in [0.1, 0.15) is 5.69 Å². The normalized spacial score (nSPS) is 10.3. The Labute approximate surface area is 111 Å². The number of anilines is 2. The van der Waals surface area contributed by atoms with Crippen molar-refractivity contribution in [2.45, 2.75) is 6.42 Å². The molecule has 7 heteroatoms. The van der Waals surface area contributed by atoms with Gasteiger partial charge in [0.2, 0.25) is 0 Å². The zero-order valence-corrected chi connectivity index (χ0v) is 10.6. The highest BCUT2D eigenvalue weighted by atomic mass is 35.5. The molecule has 0 bridgehead atoms. The van der Waals surface area contributed by atoms with Crippen molar-refractivity contribution in [3.8, 4) is 0 Å². The molecule has 0 aliphatic rings. The first-order chi connectivity index (χ1) is 8.54. The SMILES string of the molecule is O=C(O)Cc1csc(Nc2ccc(Cl)cc2F)n1. The number of rotatable bonds is 4. The monoisotopic (exact) mass is 286 g/mol. The number of nitrogens with zero attached hydrogens (tertiary/aromatic N) is 1. The van der Waals surface area contributed by atoms with Crippen LogP contribution in [-0.4, -0.2) is 16.1 Å². The fraction of sp³-hybridized carbons (Fsp3) is 0.0909. The lowest BCUT2D eigenvalue weighted by molar-refractivity contribution is -0.136. The van der Waals surface area contributed by atoms with Gasteiger partial charge in [-0.25, -0.2) is 9.37 Å². The Kier molecular flexibility index (Phi) is 3.78. The molecule has 0 aliphatic heterocycles. The first kappa shape index (κ1) is 12.8. The molecular weight excluding hydrogens is 279 g/mol. The van der Waals surface area contributed by atoms with Crippen LogP contribution >= 0.6 is 22.9 Å². The van der Waals surface area contributed by atoms with Crippen molar-refractivity contribution < 1.29 is 14.3 Å². The maximum Gasteiger partial charge on any atom is 0.309 e. The van der Waals surface area contributed by atoms with Crippen LogP contribution in [0.15, 0.2) is 23.6 Å². The van der Waals surface area contributed by atoms with Gasteiger partial charge in [0.05, 0.1) is 17.8 Å². The van der Waals surface area contributed by atoms with Gasteiger partial charge < -0.3 is 10.4 Å². The molecule has 0 spiro atoms. The molecule has 0 amide bonds. The Morgan fingerprint density at radius 1 is 1.56 bits per heavy atom. The Balaban J connectivity index is 2.13. The summed E-state index contributed by atoms with van der Waals surface area (Å²) >= 11 is 6.85. The molecule has 0 saturated carbocycles. The number of halogens is 2. The van der Waals surface area contributed by atoms with Crippen molar-refractivity contribution >= 4 is 39.7 Å². The fourth-order valence-electron chi connectivity index (χ4n) is 1.31. The summed E-state index contributed by atoms with van der Waals surface area (Å²) in [4.78, 5) is 14.5. The van der Waals surface area contributed by atoms with E-state index in [0.717, 1.165) is 0 Å². The number of carboxylic acids is 1. The van der Waals surface area contributed by atoms with E-state index in [-0.39, 0.29) is 12.1 Å². The molecule has 0 aliphatic carbocycles. The van der Waals surface area contributed by atoms with Gasteiger partial charge in [0.25, 0.3) is 0 Å². The molecule has 1 heterocycles. The molecule has 0 unspecified atom stereocenters. The lowest BCUT2D eigenvalue weighted by Gasteiger charge is -2.03. The maximum absolute atomic E-state index is 13.5. The Morgan fingerprint density at radius 2 is 2.33 bits per heavy atom. The van der Waals surface area contributed by atoms with Crippen LogP contribution in [0.25, 0.3) is 0 Å². The first-order valence-electron chi connectivity index (χ1n) is 4.93. The zero-order chi connectivity index (χ0) is 13.1. The van der Waals surface area contributed by atoms with Crippen LogP contribution in [0.4, 0.5) is 15.2 Å². The van der Waals surface area contributed by atoms with Crippen LogP contribution < -0.4 is 5.32 Å². The third kappa shape index (κ3) is 3.18. The van der Waals surface area contributed by atoms with Crippen LogP contribution in [0.2, 0.25) is 5.02 Å². The van der Waals surface area contributed by atoms with E-state index in [0.29, 0.717) is 15.8 Å². The number of nitrogens with one attached hydrogen (secondary N) is 1. The smallest absolute Gasteiger partial charge is 0.309 e. The number of benzene rings is 1. The minimum absolute atomic E-state index is 0.152. The van der Waals surface area contributed by atoms with Crippen molar-refractivity contribution in [3.63, 3.8) is 0 Å². The van der Waals surface area contributed by atoms with Gasteiger partial charge in [-0.15, -0.1) is 11.3 Å². The van der Waals surface area contributed by atoms with E-state index in [2.05, 4.69) is 10.3 Å². The molecule has 94 valence electrons. The molecule has 2 aromatic rings. The van der Waals surface area contributed by atoms with E-state index >= 15 is 0 Å². The van der Waals surface area contributed by atoms with Crippen molar-refractivity contribution in [2.75, 3.05) is 5.32 Å². The molecule has 1 aromatic carbocycles. The standard InChI is InChI=1S/C11H8ClFN2O2S/c12-6-1-2-9(8(13)3-6)15-11-14-7(5-18-11)4-10(16)17/h1-3,5H,4H2,(H,14,15)(H,16,17). The lowest BCUT2D eigenvalue weighted by Crippen LogP contribution is -2.00. The summed E-state index contributed by atoms with van der Waals surface area (Å²) in [7, 11) is 0. The molecule has 0 saturated heterocycles. The lowest BCUT2D eigenvalue weighted by atomic mass is 10.3. The summed E-state index contributed by atoms with van der Waals surface area (Å²) in [5, 5.41) is 13.7. The van der Waals surface area contributed by atoms with E-state index in [9.17, 15) is 9.18 Å². The fourth-order valence-corrected chi connectivity index (χ4v) is 2.19. The van der Waals surface area contributed by atoms with Crippen LogP contribution in [0.5, 0.6) is 0 Å². The number of carboxylic acid groups (broad SMARTS) is 1. The third-order valence-corrected chi connectivity index (χ3v) is 3.10. The molecule has 4 nitrogen and oxygen atoms in total. The average Bonchev–Trinajstić information content (AvgIpc) is 2.69. The van der Waals surface area contributed by atoms with Crippen LogP contribution in [-0.2, 0) is 11.2 Å². The third-order valence-electron chi connectivity index (χ3n) is 2.06. The molecular formula is C11H8ClFN2O2S. The molecule has 2 N–H and O–H groups in total. The molecule has 1 aromatic heterocycles. The van der Waals surface area contributed by atoms with E-state index in [4.69, 9.17) is 16.7 Å². The van der Waals surface area contributed by atoms with E-state index in [1.807, 2.05) is 0 Å². The second kappa shape index (κ2) is 5.32. The number of hydrogen-bond acceptors (Lipinski definition) is 4. The molecule has 0 atom stereocenters. The number of aliphatic carboxylic acids is 1. The zero-order valence-electron chi connectivity index (χ0n) is 8.98. The Bertz CT molecular complexity index is 588. The Hall–Kier alpha value is -1.66. The topological polar surface area (TPSA) is 62.2 Å². The van der Waals surface area contributed by atoms with Gasteiger partial charge in [-0.2, -0.15) is 0 Å². The van der Waals surface area contributed by atoms with Gasteiger partial charge in [0.1, 0.15) is 5.82 Å². The van der Waals surface area contributed by atoms with Gasteiger partial charge in [-0.3, -0.25) is 4.79 Å². The number of aromatic nitrogens is 1. The van der Waals surface area contributed by atoms with Gasteiger partial charge >= 0.3 is 5.97 Å². The highest BCUT2D eigenvalue weighted by Crippen LogP contribution is 2.25. The molecule has 18 heavy (non-hydrogen) atoms. The Morgan fingerprint density at radius 3 is 3.00 bits per heavy atom. The number of hydrogen-bond donors (Lipinski definition) is 2. The van der Waals surface area contributed by atoms with Crippen molar-refractivity contribution in [2.24, 2.45) is 0 Å². The largest absolute Gasteiger partial charge is 0.481 e. The summed E-state index contributed by atoms with van der Waals surface area (Å²) < 4.78 is 13.5. The first-order valence-corrected chi connectivity index (χ1v) is 6.18. The summed E-state index contributed by atoms with van der Waals surface area (Å²) in [6.07, 6.45) is -0.152. The van der Waals surface area contributed by atoms with E-state index in [1.54, 1.807) is 11.4 Å². The van der Waals surface area contributed by atoms with Crippen molar-refractivity contribution in [1.82, 2.24) is 4.98 Å². The van der Waals surface area contributed by atoms with Gasteiger partial charge in [-0.05, 0) is 18.2 Å².